The van der Waals surface area contributed by atoms with E-state index < -0.39 is 4.87 Å². The fourth-order valence-electron chi connectivity index (χ4n) is 2.96. The number of hydrogen-bond acceptors (Lipinski definition) is 4. The Morgan fingerprint density at radius 1 is 1.61 bits per heavy atom. The van der Waals surface area contributed by atoms with Crippen LogP contribution >= 0.6 is 11.8 Å². The summed E-state index contributed by atoms with van der Waals surface area (Å²) in [5.41, 5.74) is 0. The minimum Gasteiger partial charge on any atom is -0.376 e. The Hall–Kier alpha value is -0.750. The maximum absolute atomic E-state index is 12.4. The second-order valence-electron chi connectivity index (χ2n) is 5.02. The zero-order valence-electron chi connectivity index (χ0n) is 10.3. The van der Waals surface area contributed by atoms with Crippen LogP contribution in [0.1, 0.15) is 25.7 Å². The second-order valence-corrected chi connectivity index (χ2v) is 6.40. The Balaban J connectivity index is 1.62. The molecule has 0 spiro atoms. The number of amides is 2. The van der Waals surface area contributed by atoms with Crippen molar-refractivity contribution in [3.05, 3.63) is 0 Å². The summed E-state index contributed by atoms with van der Waals surface area (Å²) < 4.78 is 5.49. The van der Waals surface area contributed by atoms with Crippen molar-refractivity contribution >= 4 is 23.6 Å². The summed E-state index contributed by atoms with van der Waals surface area (Å²) in [7, 11) is 0. The van der Waals surface area contributed by atoms with Crippen LogP contribution in [0.2, 0.25) is 0 Å². The van der Waals surface area contributed by atoms with E-state index in [1.165, 1.54) is 0 Å². The normalized spacial score (nSPS) is 35.0. The minimum atomic E-state index is -0.615. The van der Waals surface area contributed by atoms with Gasteiger partial charge in [0.15, 0.2) is 4.87 Å². The summed E-state index contributed by atoms with van der Waals surface area (Å²) in [4.78, 5) is 25.2. The van der Waals surface area contributed by atoms with Crippen LogP contribution in [0.15, 0.2) is 0 Å². The maximum Gasteiger partial charge on any atom is 0.256 e. The Labute approximate surface area is 111 Å². The summed E-state index contributed by atoms with van der Waals surface area (Å²) >= 11 is 1.61. The predicted octanol–water partition coefficient (Wildman–Crippen LogP) is 0.347. The van der Waals surface area contributed by atoms with E-state index >= 15 is 0 Å². The number of ether oxygens (including phenoxy) is 1. The lowest BCUT2D eigenvalue weighted by atomic mass is 10.2. The number of carbonyl (C=O) groups is 2. The Bertz CT molecular complexity index is 370. The van der Waals surface area contributed by atoms with Crippen molar-refractivity contribution in [3.63, 3.8) is 0 Å². The molecule has 5 nitrogen and oxygen atoms in total. The van der Waals surface area contributed by atoms with Crippen molar-refractivity contribution in [3.8, 4) is 0 Å². The minimum absolute atomic E-state index is 0.00801. The number of nitrogens with one attached hydrogen (secondary N) is 1. The van der Waals surface area contributed by atoms with Crippen LogP contribution in [-0.2, 0) is 14.3 Å². The van der Waals surface area contributed by atoms with Gasteiger partial charge in [0.1, 0.15) is 0 Å². The standard InChI is InChI=1S/C12H18N2O3S/c15-10-3-4-12(14(10)5-7-18-12)11(16)13-8-9-2-1-6-17-9/h9H,1-8H2,(H,13,16)/t9-,12-/m0/s1. The van der Waals surface area contributed by atoms with E-state index in [0.717, 1.165) is 25.2 Å². The molecule has 0 unspecified atom stereocenters. The molecule has 2 amide bonds. The van der Waals surface area contributed by atoms with E-state index in [1.54, 1.807) is 16.7 Å². The van der Waals surface area contributed by atoms with Gasteiger partial charge in [-0.15, -0.1) is 11.8 Å². The molecule has 3 aliphatic rings. The van der Waals surface area contributed by atoms with Gasteiger partial charge >= 0.3 is 0 Å². The molecule has 0 aromatic rings. The highest BCUT2D eigenvalue weighted by molar-refractivity contribution is 8.01. The average molecular weight is 270 g/mol. The Morgan fingerprint density at radius 2 is 2.50 bits per heavy atom. The molecular weight excluding hydrogens is 252 g/mol. The van der Waals surface area contributed by atoms with E-state index in [9.17, 15) is 9.59 Å². The summed E-state index contributed by atoms with van der Waals surface area (Å²) in [6.07, 6.45) is 3.39. The number of hydrogen-bond donors (Lipinski definition) is 1. The van der Waals surface area contributed by atoms with Crippen molar-refractivity contribution < 1.29 is 14.3 Å². The van der Waals surface area contributed by atoms with Crippen molar-refractivity contribution in [2.75, 3.05) is 25.4 Å². The van der Waals surface area contributed by atoms with E-state index in [0.29, 0.717) is 25.9 Å². The van der Waals surface area contributed by atoms with Gasteiger partial charge in [-0.25, -0.2) is 0 Å². The monoisotopic (exact) mass is 270 g/mol. The molecule has 3 aliphatic heterocycles. The molecule has 18 heavy (non-hydrogen) atoms. The zero-order chi connectivity index (χ0) is 12.6. The Morgan fingerprint density at radius 3 is 3.28 bits per heavy atom. The molecule has 1 N–H and O–H groups in total. The van der Waals surface area contributed by atoms with Crippen LogP contribution < -0.4 is 5.32 Å². The maximum atomic E-state index is 12.4. The quantitative estimate of drug-likeness (QED) is 0.804. The first-order valence-electron chi connectivity index (χ1n) is 6.57. The van der Waals surface area contributed by atoms with Crippen molar-refractivity contribution in [2.24, 2.45) is 0 Å². The smallest absolute Gasteiger partial charge is 0.256 e. The third kappa shape index (κ3) is 1.91. The molecule has 2 atom stereocenters. The van der Waals surface area contributed by atoms with E-state index in [2.05, 4.69) is 5.32 Å². The molecule has 3 saturated heterocycles. The lowest BCUT2D eigenvalue weighted by Gasteiger charge is -2.29. The van der Waals surface area contributed by atoms with Gasteiger partial charge in [0.05, 0.1) is 6.10 Å². The van der Waals surface area contributed by atoms with E-state index in [4.69, 9.17) is 4.74 Å². The summed E-state index contributed by atoms with van der Waals surface area (Å²) in [5, 5.41) is 2.97. The van der Waals surface area contributed by atoms with Gasteiger partial charge in [0.25, 0.3) is 5.91 Å². The summed E-state index contributed by atoms with van der Waals surface area (Å²) in [6, 6.07) is 0. The molecule has 3 fully saturated rings. The van der Waals surface area contributed by atoms with Crippen LogP contribution in [0.25, 0.3) is 0 Å². The SMILES string of the molecule is O=C1CC[C@@]2(C(=O)NC[C@@H]3CCCO3)SCCN12. The molecule has 3 rings (SSSR count). The van der Waals surface area contributed by atoms with Crippen LogP contribution in [0.5, 0.6) is 0 Å². The largest absolute Gasteiger partial charge is 0.376 e. The molecule has 0 bridgehead atoms. The van der Waals surface area contributed by atoms with Gasteiger partial charge in [-0.2, -0.15) is 0 Å². The third-order valence-corrected chi connectivity index (χ3v) is 5.41. The second kappa shape index (κ2) is 4.74. The third-order valence-electron chi connectivity index (χ3n) is 3.94. The highest BCUT2D eigenvalue weighted by Crippen LogP contribution is 2.44. The van der Waals surface area contributed by atoms with Gasteiger partial charge in [0.2, 0.25) is 5.91 Å². The molecule has 0 aromatic heterocycles. The molecule has 0 aliphatic carbocycles. The van der Waals surface area contributed by atoms with Crippen LogP contribution in [0.4, 0.5) is 0 Å². The first kappa shape index (κ1) is 12.3. The van der Waals surface area contributed by atoms with Crippen molar-refractivity contribution in [2.45, 2.75) is 36.7 Å². The Kier molecular flexibility index (Phi) is 3.23. The molecule has 0 saturated carbocycles. The summed E-state index contributed by atoms with van der Waals surface area (Å²) in [6.45, 7) is 2.07. The highest BCUT2D eigenvalue weighted by atomic mass is 32.2. The molecule has 0 radical (unpaired) electrons. The molecule has 0 aromatic carbocycles. The number of fused-ring (bicyclic) bond motifs is 1. The first-order chi connectivity index (χ1) is 8.72. The summed E-state index contributed by atoms with van der Waals surface area (Å²) in [5.74, 6) is 0.970. The first-order valence-corrected chi connectivity index (χ1v) is 7.55. The fourth-order valence-corrected chi connectivity index (χ4v) is 4.37. The number of nitrogens with zero attached hydrogens (tertiary/aromatic N) is 1. The lowest BCUT2D eigenvalue weighted by molar-refractivity contribution is -0.136. The molecule has 3 heterocycles. The van der Waals surface area contributed by atoms with Crippen LogP contribution in [0, 0.1) is 0 Å². The molecule has 6 heteroatoms. The lowest BCUT2D eigenvalue weighted by Crippen LogP contribution is -2.52. The van der Waals surface area contributed by atoms with Gasteiger partial charge in [-0.3, -0.25) is 9.59 Å². The van der Waals surface area contributed by atoms with Gasteiger partial charge < -0.3 is 15.0 Å². The topological polar surface area (TPSA) is 58.6 Å². The highest BCUT2D eigenvalue weighted by Gasteiger charge is 2.54. The van der Waals surface area contributed by atoms with Crippen molar-refractivity contribution in [1.82, 2.24) is 10.2 Å². The predicted molar refractivity (Wildman–Crippen MR) is 68.1 cm³/mol. The number of thioether (sulfide) groups is 1. The van der Waals surface area contributed by atoms with Gasteiger partial charge in [-0.05, 0) is 19.3 Å². The van der Waals surface area contributed by atoms with Gasteiger partial charge in [0, 0.05) is 31.9 Å². The van der Waals surface area contributed by atoms with Crippen molar-refractivity contribution in [1.29, 1.82) is 0 Å². The van der Waals surface area contributed by atoms with E-state index in [1.807, 2.05) is 0 Å². The number of carbonyl (C=O) groups excluding carboxylic acids is 2. The van der Waals surface area contributed by atoms with Crippen LogP contribution in [0.3, 0.4) is 0 Å². The fraction of sp³-hybridized carbons (Fsp3) is 0.833. The van der Waals surface area contributed by atoms with Gasteiger partial charge in [-0.1, -0.05) is 0 Å². The molecule has 100 valence electrons. The van der Waals surface area contributed by atoms with E-state index in [-0.39, 0.29) is 17.9 Å². The zero-order valence-corrected chi connectivity index (χ0v) is 11.1. The number of rotatable bonds is 3. The average Bonchev–Trinajstić information content (AvgIpc) is 3.05. The van der Waals surface area contributed by atoms with Crippen LogP contribution in [-0.4, -0.2) is 53.1 Å². The molecular formula is C12H18N2O3S.